The average molecular weight is 297 g/mol. The second-order valence-electron chi connectivity index (χ2n) is 5.34. The van der Waals surface area contributed by atoms with E-state index in [2.05, 4.69) is 6.07 Å². The van der Waals surface area contributed by atoms with Gasteiger partial charge in [0.05, 0.1) is 14.2 Å². The normalized spacial score (nSPS) is 13.0. The number of fused-ring (bicyclic) bond motifs is 1. The van der Waals surface area contributed by atoms with Gasteiger partial charge in [-0.05, 0) is 37.1 Å². The summed E-state index contributed by atoms with van der Waals surface area (Å²) in [6, 6.07) is 11.6. The Balaban J connectivity index is 2.00. The molecule has 0 saturated carbocycles. The molecule has 22 heavy (non-hydrogen) atoms. The minimum absolute atomic E-state index is 0.0263. The molecule has 2 aromatic rings. The number of methoxy groups -OCH3 is 2. The van der Waals surface area contributed by atoms with Crippen LogP contribution in [0.3, 0.4) is 0 Å². The molecule has 1 heterocycles. The molecule has 0 aromatic heterocycles. The van der Waals surface area contributed by atoms with E-state index in [1.807, 2.05) is 30.0 Å². The SMILES string of the molecule is COc1cc(C(=O)N2CCc3ccccc32)cc(OC)c1C. The highest BCUT2D eigenvalue weighted by molar-refractivity contribution is 6.07. The number of nitrogens with zero attached hydrogens (tertiary/aromatic N) is 1. The molecule has 0 N–H and O–H groups in total. The minimum Gasteiger partial charge on any atom is -0.496 e. The van der Waals surface area contributed by atoms with Crippen LogP contribution in [0.2, 0.25) is 0 Å². The zero-order valence-electron chi connectivity index (χ0n) is 13.1. The zero-order chi connectivity index (χ0) is 15.7. The van der Waals surface area contributed by atoms with Crippen LogP contribution < -0.4 is 14.4 Å². The summed E-state index contributed by atoms with van der Waals surface area (Å²) in [7, 11) is 3.20. The third-order valence-electron chi connectivity index (χ3n) is 4.13. The molecule has 0 atom stereocenters. The first kappa shape index (κ1) is 14.4. The second-order valence-corrected chi connectivity index (χ2v) is 5.34. The van der Waals surface area contributed by atoms with Crippen molar-refractivity contribution in [1.82, 2.24) is 0 Å². The summed E-state index contributed by atoms with van der Waals surface area (Å²) in [5.74, 6) is 1.30. The van der Waals surface area contributed by atoms with Gasteiger partial charge in [0, 0.05) is 23.4 Å². The highest BCUT2D eigenvalue weighted by atomic mass is 16.5. The molecule has 1 aliphatic heterocycles. The zero-order valence-corrected chi connectivity index (χ0v) is 13.1. The van der Waals surface area contributed by atoms with Crippen molar-refractivity contribution >= 4 is 11.6 Å². The molecule has 0 saturated heterocycles. The van der Waals surface area contributed by atoms with E-state index < -0.39 is 0 Å². The first-order chi connectivity index (χ1) is 10.7. The molecule has 4 nitrogen and oxygen atoms in total. The van der Waals surface area contributed by atoms with E-state index in [-0.39, 0.29) is 5.91 Å². The number of para-hydroxylation sites is 1. The number of hydrogen-bond acceptors (Lipinski definition) is 3. The van der Waals surface area contributed by atoms with Crippen LogP contribution in [-0.4, -0.2) is 26.7 Å². The van der Waals surface area contributed by atoms with E-state index in [0.717, 1.165) is 17.7 Å². The predicted molar refractivity (Wildman–Crippen MR) is 86.1 cm³/mol. The van der Waals surface area contributed by atoms with Crippen LogP contribution in [0.25, 0.3) is 0 Å². The number of amides is 1. The number of rotatable bonds is 3. The Morgan fingerprint density at radius 2 is 1.73 bits per heavy atom. The quantitative estimate of drug-likeness (QED) is 0.873. The Kier molecular flexibility index (Phi) is 3.75. The topological polar surface area (TPSA) is 38.8 Å². The van der Waals surface area contributed by atoms with Gasteiger partial charge in [0.1, 0.15) is 11.5 Å². The van der Waals surface area contributed by atoms with Gasteiger partial charge in [0.2, 0.25) is 0 Å². The summed E-state index contributed by atoms with van der Waals surface area (Å²) in [5.41, 5.74) is 3.67. The maximum absolute atomic E-state index is 12.9. The van der Waals surface area contributed by atoms with Crippen LogP contribution in [0.5, 0.6) is 11.5 Å². The maximum Gasteiger partial charge on any atom is 0.258 e. The fraction of sp³-hybridized carbons (Fsp3) is 0.278. The van der Waals surface area contributed by atoms with Crippen molar-refractivity contribution in [2.24, 2.45) is 0 Å². The summed E-state index contributed by atoms with van der Waals surface area (Å²) in [6.45, 7) is 2.62. The second kappa shape index (κ2) is 5.72. The lowest BCUT2D eigenvalue weighted by Crippen LogP contribution is -2.28. The van der Waals surface area contributed by atoms with Gasteiger partial charge in [-0.2, -0.15) is 0 Å². The monoisotopic (exact) mass is 297 g/mol. The molecule has 0 fully saturated rings. The Morgan fingerprint density at radius 3 is 2.36 bits per heavy atom. The number of ether oxygens (including phenoxy) is 2. The van der Waals surface area contributed by atoms with Crippen molar-refractivity contribution in [3.05, 3.63) is 53.1 Å². The molecule has 1 aliphatic rings. The molecule has 0 bridgehead atoms. The molecule has 2 aromatic carbocycles. The first-order valence-electron chi connectivity index (χ1n) is 7.28. The molecular weight excluding hydrogens is 278 g/mol. The summed E-state index contributed by atoms with van der Waals surface area (Å²) in [6.07, 6.45) is 0.891. The van der Waals surface area contributed by atoms with E-state index in [0.29, 0.717) is 23.6 Å². The average Bonchev–Trinajstić information content (AvgIpc) is 2.98. The number of anilines is 1. The number of carbonyl (C=O) groups is 1. The lowest BCUT2D eigenvalue weighted by molar-refractivity contribution is 0.0988. The number of hydrogen-bond donors (Lipinski definition) is 0. The summed E-state index contributed by atoms with van der Waals surface area (Å²) in [5, 5.41) is 0. The summed E-state index contributed by atoms with van der Waals surface area (Å²) in [4.78, 5) is 14.7. The molecule has 114 valence electrons. The fourth-order valence-corrected chi connectivity index (χ4v) is 2.91. The number of carbonyl (C=O) groups excluding carboxylic acids is 1. The first-order valence-corrected chi connectivity index (χ1v) is 7.28. The van der Waals surface area contributed by atoms with Gasteiger partial charge < -0.3 is 14.4 Å². The van der Waals surface area contributed by atoms with Crippen LogP contribution in [0, 0.1) is 6.92 Å². The van der Waals surface area contributed by atoms with Crippen molar-refractivity contribution in [3.63, 3.8) is 0 Å². The number of benzene rings is 2. The third kappa shape index (κ3) is 2.30. The van der Waals surface area contributed by atoms with Gasteiger partial charge in [-0.3, -0.25) is 4.79 Å². The Morgan fingerprint density at radius 1 is 1.09 bits per heavy atom. The van der Waals surface area contributed by atoms with Crippen LogP contribution >= 0.6 is 0 Å². The molecule has 3 rings (SSSR count). The Hall–Kier alpha value is -2.49. The van der Waals surface area contributed by atoms with Crippen LogP contribution in [0.15, 0.2) is 36.4 Å². The van der Waals surface area contributed by atoms with Gasteiger partial charge in [0.15, 0.2) is 0 Å². The van der Waals surface area contributed by atoms with E-state index in [9.17, 15) is 4.79 Å². The van der Waals surface area contributed by atoms with Gasteiger partial charge in [-0.15, -0.1) is 0 Å². The maximum atomic E-state index is 12.9. The van der Waals surface area contributed by atoms with E-state index in [1.165, 1.54) is 5.56 Å². The van der Waals surface area contributed by atoms with E-state index in [1.54, 1.807) is 26.4 Å². The van der Waals surface area contributed by atoms with Crippen molar-refractivity contribution in [2.45, 2.75) is 13.3 Å². The predicted octanol–water partition coefficient (Wildman–Crippen LogP) is 3.22. The highest BCUT2D eigenvalue weighted by Gasteiger charge is 2.26. The van der Waals surface area contributed by atoms with Crippen LogP contribution in [0.1, 0.15) is 21.5 Å². The van der Waals surface area contributed by atoms with Gasteiger partial charge >= 0.3 is 0 Å². The molecule has 4 heteroatoms. The molecule has 0 radical (unpaired) electrons. The molecule has 1 amide bonds. The van der Waals surface area contributed by atoms with Crippen molar-refractivity contribution in [3.8, 4) is 11.5 Å². The van der Waals surface area contributed by atoms with Crippen molar-refractivity contribution < 1.29 is 14.3 Å². The lowest BCUT2D eigenvalue weighted by Gasteiger charge is -2.19. The van der Waals surface area contributed by atoms with Crippen molar-refractivity contribution in [1.29, 1.82) is 0 Å². The summed E-state index contributed by atoms with van der Waals surface area (Å²) >= 11 is 0. The molecule has 0 aliphatic carbocycles. The van der Waals surface area contributed by atoms with Crippen LogP contribution in [-0.2, 0) is 6.42 Å². The smallest absolute Gasteiger partial charge is 0.258 e. The molecule has 0 spiro atoms. The minimum atomic E-state index is -0.0263. The standard InChI is InChI=1S/C18H19NO3/c1-12-16(21-2)10-14(11-17(12)22-3)18(20)19-9-8-13-6-4-5-7-15(13)19/h4-7,10-11H,8-9H2,1-3H3. The highest BCUT2D eigenvalue weighted by Crippen LogP contribution is 2.33. The van der Waals surface area contributed by atoms with Crippen LogP contribution in [0.4, 0.5) is 5.69 Å². The van der Waals surface area contributed by atoms with Gasteiger partial charge in [0.25, 0.3) is 5.91 Å². The lowest BCUT2D eigenvalue weighted by atomic mass is 10.1. The Labute approximate surface area is 130 Å². The van der Waals surface area contributed by atoms with Gasteiger partial charge in [-0.1, -0.05) is 18.2 Å². The molecular formula is C18H19NO3. The third-order valence-corrected chi connectivity index (χ3v) is 4.13. The largest absolute Gasteiger partial charge is 0.496 e. The summed E-state index contributed by atoms with van der Waals surface area (Å²) < 4.78 is 10.7. The Bertz CT molecular complexity index is 699. The van der Waals surface area contributed by atoms with Crippen molar-refractivity contribution in [2.75, 3.05) is 25.7 Å². The van der Waals surface area contributed by atoms with E-state index >= 15 is 0 Å². The van der Waals surface area contributed by atoms with Gasteiger partial charge in [-0.25, -0.2) is 0 Å². The van der Waals surface area contributed by atoms with E-state index in [4.69, 9.17) is 9.47 Å². The molecule has 0 unspecified atom stereocenters. The fourth-order valence-electron chi connectivity index (χ4n) is 2.91.